The van der Waals surface area contributed by atoms with E-state index in [0.717, 1.165) is 16.5 Å². The summed E-state index contributed by atoms with van der Waals surface area (Å²) in [4.78, 5) is 0.155. The molecule has 0 saturated heterocycles. The maximum Gasteiger partial charge on any atom is 0.241 e. The molecule has 0 aromatic heterocycles. The molecule has 6 nitrogen and oxygen atoms in total. The second-order valence-corrected chi connectivity index (χ2v) is 8.07. The molecule has 0 fully saturated rings. The quantitative estimate of drug-likeness (QED) is 0.732. The number of benzene rings is 2. The third kappa shape index (κ3) is 4.26. The van der Waals surface area contributed by atoms with E-state index in [1.807, 2.05) is 6.92 Å². The molecule has 0 atom stereocenters. The molecule has 25 heavy (non-hydrogen) atoms. The van der Waals surface area contributed by atoms with Crippen molar-refractivity contribution >= 4 is 26.0 Å². The molecule has 0 amide bonds. The molecule has 1 N–H and O–H groups in total. The lowest BCUT2D eigenvalue weighted by molar-refractivity contribution is 0.174. The van der Waals surface area contributed by atoms with Gasteiger partial charge in [0.05, 0.1) is 16.0 Å². The zero-order chi connectivity index (χ0) is 17.9. The van der Waals surface area contributed by atoms with Gasteiger partial charge in [-0.3, -0.25) is 0 Å². The van der Waals surface area contributed by atoms with Crippen LogP contribution in [0.2, 0.25) is 0 Å². The fourth-order valence-corrected chi connectivity index (χ4v) is 3.68. The number of sulfonamides is 1. The molecule has 2 aromatic rings. The first kappa shape index (κ1) is 18.0. The summed E-state index contributed by atoms with van der Waals surface area (Å²) in [5, 5.41) is 0. The first-order chi connectivity index (χ1) is 12.0. The predicted octanol–water partition coefficient (Wildman–Crippen LogP) is 3.45. The Bertz CT molecular complexity index is 869. The highest BCUT2D eigenvalue weighted by Crippen LogP contribution is 2.32. The Hall–Kier alpha value is -1.77. The van der Waals surface area contributed by atoms with Crippen LogP contribution >= 0.6 is 15.9 Å². The summed E-state index contributed by atoms with van der Waals surface area (Å²) >= 11 is 3.37. The first-order valence-corrected chi connectivity index (χ1v) is 10.1. The Balaban J connectivity index is 1.73. The molecule has 1 aliphatic rings. The van der Waals surface area contributed by atoms with Crippen LogP contribution in [-0.4, -0.2) is 21.8 Å². The maximum atomic E-state index is 12.5. The minimum Gasteiger partial charge on any atom is -0.492 e. The summed E-state index contributed by atoms with van der Waals surface area (Å²) in [7, 11) is -3.66. The van der Waals surface area contributed by atoms with Crippen LogP contribution in [0.15, 0.2) is 45.8 Å². The first-order valence-electron chi connectivity index (χ1n) is 7.80. The van der Waals surface area contributed by atoms with Crippen molar-refractivity contribution in [3.05, 3.63) is 46.4 Å². The molecule has 1 heterocycles. The molecule has 0 radical (unpaired) electrons. The summed E-state index contributed by atoms with van der Waals surface area (Å²) in [6.45, 7) is 2.85. The van der Waals surface area contributed by atoms with Gasteiger partial charge in [0.15, 0.2) is 11.5 Å². The van der Waals surface area contributed by atoms with Crippen LogP contribution < -0.4 is 18.9 Å². The average molecular weight is 428 g/mol. The van der Waals surface area contributed by atoms with Crippen molar-refractivity contribution in [2.24, 2.45) is 0 Å². The monoisotopic (exact) mass is 427 g/mol. The van der Waals surface area contributed by atoms with E-state index in [1.54, 1.807) is 24.3 Å². The van der Waals surface area contributed by atoms with Crippen LogP contribution in [0.5, 0.6) is 17.2 Å². The van der Waals surface area contributed by atoms with Gasteiger partial charge >= 0.3 is 0 Å². The van der Waals surface area contributed by atoms with E-state index in [-0.39, 0.29) is 18.2 Å². The summed E-state index contributed by atoms with van der Waals surface area (Å²) in [6, 6.07) is 10.0. The SMILES string of the molecule is CCCOc1cc(S(=O)(=O)NCc2ccc3c(c2)OCO3)ccc1Br. The van der Waals surface area contributed by atoms with Gasteiger partial charge in [-0.05, 0) is 52.2 Å². The number of nitrogens with one attached hydrogen (secondary N) is 1. The molecule has 1 aliphatic heterocycles. The lowest BCUT2D eigenvalue weighted by atomic mass is 10.2. The number of rotatable bonds is 7. The van der Waals surface area contributed by atoms with Gasteiger partial charge < -0.3 is 14.2 Å². The van der Waals surface area contributed by atoms with Gasteiger partial charge in [0.25, 0.3) is 0 Å². The Morgan fingerprint density at radius 2 is 1.96 bits per heavy atom. The number of fused-ring (bicyclic) bond motifs is 1. The Morgan fingerprint density at radius 3 is 2.76 bits per heavy atom. The van der Waals surface area contributed by atoms with E-state index >= 15 is 0 Å². The van der Waals surface area contributed by atoms with Crippen molar-refractivity contribution in [3.63, 3.8) is 0 Å². The van der Waals surface area contributed by atoms with E-state index in [1.165, 1.54) is 12.1 Å². The second kappa shape index (κ2) is 7.63. The summed E-state index contributed by atoms with van der Waals surface area (Å²) in [5.74, 6) is 1.79. The lowest BCUT2D eigenvalue weighted by Crippen LogP contribution is -2.23. The van der Waals surface area contributed by atoms with Crippen LogP contribution in [-0.2, 0) is 16.6 Å². The molecule has 0 aliphatic carbocycles. The number of hydrogen-bond acceptors (Lipinski definition) is 5. The Kier molecular flexibility index (Phi) is 5.51. The van der Waals surface area contributed by atoms with Crippen molar-refractivity contribution in [3.8, 4) is 17.2 Å². The van der Waals surface area contributed by atoms with E-state index in [2.05, 4.69) is 20.7 Å². The molecular formula is C17H18BrNO5S. The summed E-state index contributed by atoms with van der Waals surface area (Å²) in [6.07, 6.45) is 0.839. The molecule has 0 bridgehead atoms. The normalized spacial score (nSPS) is 13.0. The molecular weight excluding hydrogens is 410 g/mol. The molecule has 0 unspecified atom stereocenters. The van der Waals surface area contributed by atoms with Gasteiger partial charge in [-0.25, -0.2) is 13.1 Å². The maximum absolute atomic E-state index is 12.5. The van der Waals surface area contributed by atoms with Crippen molar-refractivity contribution < 1.29 is 22.6 Å². The zero-order valence-corrected chi connectivity index (χ0v) is 16.0. The van der Waals surface area contributed by atoms with Crippen molar-refractivity contribution in [2.45, 2.75) is 24.8 Å². The minimum absolute atomic E-state index is 0.153. The molecule has 8 heteroatoms. The molecule has 0 saturated carbocycles. The topological polar surface area (TPSA) is 73.9 Å². The largest absolute Gasteiger partial charge is 0.492 e. The van der Waals surface area contributed by atoms with Gasteiger partial charge in [-0.1, -0.05) is 13.0 Å². The van der Waals surface area contributed by atoms with E-state index < -0.39 is 10.0 Å². The zero-order valence-electron chi connectivity index (χ0n) is 13.6. The third-order valence-electron chi connectivity index (χ3n) is 3.58. The standard InChI is InChI=1S/C17H18BrNO5S/c1-2-7-22-16-9-13(4-5-14(16)18)25(20,21)19-10-12-3-6-15-17(8-12)24-11-23-15/h3-6,8-9,19H,2,7,10-11H2,1H3. The van der Waals surface area contributed by atoms with Gasteiger partial charge in [-0.15, -0.1) is 0 Å². The molecule has 0 spiro atoms. The van der Waals surface area contributed by atoms with Crippen LogP contribution in [0, 0.1) is 0 Å². The third-order valence-corrected chi connectivity index (χ3v) is 5.63. The van der Waals surface area contributed by atoms with Gasteiger partial charge in [0, 0.05) is 12.6 Å². The predicted molar refractivity (Wildman–Crippen MR) is 96.5 cm³/mol. The highest BCUT2D eigenvalue weighted by molar-refractivity contribution is 9.10. The van der Waals surface area contributed by atoms with E-state index in [4.69, 9.17) is 14.2 Å². The number of ether oxygens (including phenoxy) is 3. The summed E-state index contributed by atoms with van der Waals surface area (Å²) < 4.78 is 44.5. The van der Waals surface area contributed by atoms with Gasteiger partial charge in [0.2, 0.25) is 16.8 Å². The minimum atomic E-state index is -3.66. The lowest BCUT2D eigenvalue weighted by Gasteiger charge is -2.11. The second-order valence-electron chi connectivity index (χ2n) is 5.45. The van der Waals surface area contributed by atoms with Gasteiger partial charge in [0.1, 0.15) is 5.75 Å². The van der Waals surface area contributed by atoms with E-state index in [9.17, 15) is 8.42 Å². The number of hydrogen-bond donors (Lipinski definition) is 1. The van der Waals surface area contributed by atoms with Crippen LogP contribution in [0.3, 0.4) is 0 Å². The molecule has 3 rings (SSSR count). The molecule has 2 aromatic carbocycles. The Morgan fingerprint density at radius 1 is 1.16 bits per heavy atom. The summed E-state index contributed by atoms with van der Waals surface area (Å²) in [5.41, 5.74) is 0.785. The van der Waals surface area contributed by atoms with Crippen LogP contribution in [0.25, 0.3) is 0 Å². The van der Waals surface area contributed by atoms with Crippen LogP contribution in [0.4, 0.5) is 0 Å². The average Bonchev–Trinajstić information content (AvgIpc) is 3.07. The van der Waals surface area contributed by atoms with Crippen molar-refractivity contribution in [2.75, 3.05) is 13.4 Å². The Labute approximate surface area is 155 Å². The fourth-order valence-electron chi connectivity index (χ4n) is 2.29. The smallest absolute Gasteiger partial charge is 0.241 e. The molecule has 134 valence electrons. The van der Waals surface area contributed by atoms with Crippen molar-refractivity contribution in [1.29, 1.82) is 0 Å². The highest BCUT2D eigenvalue weighted by Gasteiger charge is 2.18. The van der Waals surface area contributed by atoms with Crippen molar-refractivity contribution in [1.82, 2.24) is 4.72 Å². The number of halogens is 1. The van der Waals surface area contributed by atoms with Crippen LogP contribution in [0.1, 0.15) is 18.9 Å². The highest BCUT2D eigenvalue weighted by atomic mass is 79.9. The van der Waals surface area contributed by atoms with E-state index in [0.29, 0.717) is 23.9 Å². The van der Waals surface area contributed by atoms with Gasteiger partial charge in [-0.2, -0.15) is 0 Å². The fraction of sp³-hybridized carbons (Fsp3) is 0.294.